The van der Waals surface area contributed by atoms with Gasteiger partial charge in [0.05, 0.1) is 6.54 Å². The van der Waals surface area contributed by atoms with Gasteiger partial charge < -0.3 is 4.90 Å². The maximum Gasteiger partial charge on any atom is 0.237 e. The molecule has 2 rings (SSSR count). The van der Waals surface area contributed by atoms with E-state index in [4.69, 9.17) is 0 Å². The summed E-state index contributed by atoms with van der Waals surface area (Å²) in [5.74, 6) is 1.09. The van der Waals surface area contributed by atoms with Gasteiger partial charge >= 0.3 is 0 Å². The highest BCUT2D eigenvalue weighted by molar-refractivity contribution is 5.78. The summed E-state index contributed by atoms with van der Waals surface area (Å²) >= 11 is 0. The number of rotatable bonds is 6. The molecule has 1 saturated carbocycles. The van der Waals surface area contributed by atoms with Crippen molar-refractivity contribution in [3.63, 3.8) is 0 Å². The van der Waals surface area contributed by atoms with Crippen LogP contribution in [0.15, 0.2) is 30.3 Å². The summed E-state index contributed by atoms with van der Waals surface area (Å²) in [6.45, 7) is 7.77. The van der Waals surface area contributed by atoms with Crippen molar-refractivity contribution in [2.24, 2.45) is 5.92 Å². The van der Waals surface area contributed by atoms with Gasteiger partial charge in [-0.1, -0.05) is 37.3 Å². The van der Waals surface area contributed by atoms with Crippen LogP contribution in [0.4, 0.5) is 0 Å². The summed E-state index contributed by atoms with van der Waals surface area (Å²) in [7, 11) is 2.11. The standard InChI is InChI=1S/C20H32N2O/c1-16(2)22(14-18-8-6-5-7-9-18)20(23)15-21(4)19-12-10-17(3)11-13-19/h5-9,16-17,19H,10-15H2,1-4H3. The van der Waals surface area contributed by atoms with Crippen LogP contribution >= 0.6 is 0 Å². The first-order chi connectivity index (χ1) is 11.0. The zero-order chi connectivity index (χ0) is 16.8. The van der Waals surface area contributed by atoms with Gasteiger partial charge in [-0.15, -0.1) is 0 Å². The molecule has 1 aliphatic carbocycles. The Kier molecular flexibility index (Phi) is 6.64. The summed E-state index contributed by atoms with van der Waals surface area (Å²) in [6, 6.07) is 11.1. The fraction of sp³-hybridized carbons (Fsp3) is 0.650. The molecule has 0 saturated heterocycles. The van der Waals surface area contributed by atoms with Gasteiger partial charge in [-0.3, -0.25) is 9.69 Å². The largest absolute Gasteiger partial charge is 0.335 e. The molecule has 0 spiro atoms. The number of benzene rings is 1. The molecular weight excluding hydrogens is 284 g/mol. The number of hydrogen-bond acceptors (Lipinski definition) is 2. The fourth-order valence-corrected chi connectivity index (χ4v) is 3.46. The van der Waals surface area contributed by atoms with Crippen molar-refractivity contribution in [1.29, 1.82) is 0 Å². The number of carbonyl (C=O) groups is 1. The van der Waals surface area contributed by atoms with Crippen LogP contribution in [-0.4, -0.2) is 41.4 Å². The topological polar surface area (TPSA) is 23.6 Å². The lowest BCUT2D eigenvalue weighted by molar-refractivity contribution is -0.135. The van der Waals surface area contributed by atoms with Gasteiger partial charge in [-0.2, -0.15) is 0 Å². The van der Waals surface area contributed by atoms with Crippen molar-refractivity contribution in [1.82, 2.24) is 9.80 Å². The Labute approximate surface area is 141 Å². The smallest absolute Gasteiger partial charge is 0.237 e. The van der Waals surface area contributed by atoms with Crippen molar-refractivity contribution in [3.8, 4) is 0 Å². The van der Waals surface area contributed by atoms with Crippen LogP contribution in [0, 0.1) is 5.92 Å². The third-order valence-electron chi connectivity index (χ3n) is 5.13. The minimum Gasteiger partial charge on any atom is -0.335 e. The second-order valence-electron chi connectivity index (χ2n) is 7.43. The van der Waals surface area contributed by atoms with Crippen LogP contribution in [0.2, 0.25) is 0 Å². The Morgan fingerprint density at radius 1 is 1.13 bits per heavy atom. The number of hydrogen-bond donors (Lipinski definition) is 0. The Morgan fingerprint density at radius 3 is 2.30 bits per heavy atom. The molecule has 0 aliphatic heterocycles. The third-order valence-corrected chi connectivity index (χ3v) is 5.13. The minimum atomic E-state index is 0.225. The van der Waals surface area contributed by atoms with Crippen molar-refractivity contribution < 1.29 is 4.79 Å². The Hall–Kier alpha value is -1.35. The summed E-state index contributed by atoms with van der Waals surface area (Å²) < 4.78 is 0. The average molecular weight is 316 g/mol. The molecule has 0 radical (unpaired) electrons. The first-order valence-electron chi connectivity index (χ1n) is 9.01. The SMILES string of the molecule is CC1CCC(N(C)CC(=O)N(Cc2ccccc2)C(C)C)CC1. The molecule has 3 heteroatoms. The highest BCUT2D eigenvalue weighted by Crippen LogP contribution is 2.26. The molecule has 1 aliphatic rings. The maximum atomic E-state index is 12.8. The Balaban J connectivity index is 1.92. The Bertz CT molecular complexity index is 478. The number of amides is 1. The zero-order valence-corrected chi connectivity index (χ0v) is 15.2. The van der Waals surface area contributed by atoms with Crippen LogP contribution in [0.3, 0.4) is 0 Å². The minimum absolute atomic E-state index is 0.225. The van der Waals surface area contributed by atoms with Crippen molar-refractivity contribution in [2.75, 3.05) is 13.6 Å². The highest BCUT2D eigenvalue weighted by atomic mass is 16.2. The number of nitrogens with zero attached hydrogens (tertiary/aromatic N) is 2. The molecule has 0 atom stereocenters. The van der Waals surface area contributed by atoms with E-state index in [0.717, 1.165) is 5.92 Å². The Morgan fingerprint density at radius 2 is 1.74 bits per heavy atom. The first-order valence-corrected chi connectivity index (χ1v) is 9.01. The predicted octanol–water partition coefficient (Wildman–Crippen LogP) is 3.93. The van der Waals surface area contributed by atoms with E-state index < -0.39 is 0 Å². The lowest BCUT2D eigenvalue weighted by Crippen LogP contribution is -2.45. The van der Waals surface area contributed by atoms with Crippen LogP contribution in [-0.2, 0) is 11.3 Å². The zero-order valence-electron chi connectivity index (χ0n) is 15.2. The third kappa shape index (κ3) is 5.35. The summed E-state index contributed by atoms with van der Waals surface area (Å²) in [5, 5.41) is 0. The molecule has 0 unspecified atom stereocenters. The molecule has 0 heterocycles. The quantitative estimate of drug-likeness (QED) is 0.794. The number of carbonyl (C=O) groups excluding carboxylic acids is 1. The van der Waals surface area contributed by atoms with Crippen molar-refractivity contribution in [3.05, 3.63) is 35.9 Å². The van der Waals surface area contributed by atoms with Gasteiger partial charge in [0.25, 0.3) is 0 Å². The maximum absolute atomic E-state index is 12.8. The molecule has 0 bridgehead atoms. The van der Waals surface area contributed by atoms with Gasteiger partial charge in [0, 0.05) is 18.6 Å². The van der Waals surface area contributed by atoms with E-state index in [1.54, 1.807) is 0 Å². The predicted molar refractivity (Wildman–Crippen MR) is 96.2 cm³/mol. The molecule has 0 aromatic heterocycles. The molecule has 128 valence electrons. The van der Waals surface area contributed by atoms with Gasteiger partial charge in [0.2, 0.25) is 5.91 Å². The van der Waals surface area contributed by atoms with Gasteiger partial charge in [-0.05, 0) is 58.1 Å². The highest BCUT2D eigenvalue weighted by Gasteiger charge is 2.25. The van der Waals surface area contributed by atoms with E-state index in [1.807, 2.05) is 23.1 Å². The molecule has 1 amide bonds. The van der Waals surface area contributed by atoms with E-state index in [2.05, 4.69) is 44.9 Å². The lowest BCUT2D eigenvalue weighted by atomic mass is 9.87. The average Bonchev–Trinajstić information content (AvgIpc) is 2.53. The molecule has 23 heavy (non-hydrogen) atoms. The van der Waals surface area contributed by atoms with E-state index in [0.29, 0.717) is 19.1 Å². The van der Waals surface area contributed by atoms with E-state index in [-0.39, 0.29) is 11.9 Å². The lowest BCUT2D eigenvalue weighted by Gasteiger charge is -2.35. The number of likely N-dealkylation sites (N-methyl/N-ethyl adjacent to an activating group) is 1. The van der Waals surface area contributed by atoms with Gasteiger partial charge in [0.1, 0.15) is 0 Å². The first kappa shape index (κ1) is 18.0. The molecular formula is C20H32N2O. The van der Waals surface area contributed by atoms with E-state index in [9.17, 15) is 4.79 Å². The van der Waals surface area contributed by atoms with Crippen LogP contribution in [0.25, 0.3) is 0 Å². The van der Waals surface area contributed by atoms with Crippen molar-refractivity contribution >= 4 is 5.91 Å². The molecule has 1 aromatic carbocycles. The molecule has 3 nitrogen and oxygen atoms in total. The van der Waals surface area contributed by atoms with E-state index in [1.165, 1.54) is 31.2 Å². The van der Waals surface area contributed by atoms with Gasteiger partial charge in [0.15, 0.2) is 0 Å². The second kappa shape index (κ2) is 8.49. The van der Waals surface area contributed by atoms with Crippen LogP contribution < -0.4 is 0 Å². The van der Waals surface area contributed by atoms with Crippen LogP contribution in [0.5, 0.6) is 0 Å². The summed E-state index contributed by atoms with van der Waals surface area (Å²) in [5.41, 5.74) is 1.20. The molecule has 1 fully saturated rings. The monoisotopic (exact) mass is 316 g/mol. The molecule has 0 N–H and O–H groups in total. The summed E-state index contributed by atoms with van der Waals surface area (Å²) in [4.78, 5) is 17.1. The summed E-state index contributed by atoms with van der Waals surface area (Å²) in [6.07, 6.45) is 5.04. The van der Waals surface area contributed by atoms with Gasteiger partial charge in [-0.25, -0.2) is 0 Å². The van der Waals surface area contributed by atoms with E-state index >= 15 is 0 Å². The molecule has 1 aromatic rings. The normalized spacial score (nSPS) is 21.7. The second-order valence-corrected chi connectivity index (χ2v) is 7.43. The van der Waals surface area contributed by atoms with Crippen molar-refractivity contribution in [2.45, 2.75) is 65.1 Å². The fourth-order valence-electron chi connectivity index (χ4n) is 3.46. The van der Waals surface area contributed by atoms with Crippen LogP contribution in [0.1, 0.15) is 52.0 Å².